The lowest BCUT2D eigenvalue weighted by molar-refractivity contribution is 0.0623. The summed E-state index contributed by atoms with van der Waals surface area (Å²) in [6, 6.07) is 9.12. The lowest BCUT2D eigenvalue weighted by Crippen LogP contribution is -2.34. The van der Waals surface area contributed by atoms with E-state index in [1.54, 1.807) is 7.11 Å². The van der Waals surface area contributed by atoms with Gasteiger partial charge in [0.15, 0.2) is 0 Å². The zero-order valence-corrected chi connectivity index (χ0v) is 12.0. The maximum Gasteiger partial charge on any atom is 0.0716 e. The lowest BCUT2D eigenvalue weighted by Gasteiger charge is -2.28. The molecule has 3 heteroatoms. The van der Waals surface area contributed by atoms with Crippen molar-refractivity contribution in [1.29, 1.82) is 0 Å². The van der Waals surface area contributed by atoms with E-state index >= 15 is 0 Å². The van der Waals surface area contributed by atoms with Gasteiger partial charge in [-0.1, -0.05) is 24.3 Å². The Bertz CT molecular complexity index is 373. The molecule has 0 amide bonds. The molecule has 0 heterocycles. The summed E-state index contributed by atoms with van der Waals surface area (Å²) in [6.45, 7) is 1.62. The van der Waals surface area contributed by atoms with Crippen molar-refractivity contribution in [2.24, 2.45) is 0 Å². The largest absolute Gasteiger partial charge is 0.381 e. The van der Waals surface area contributed by atoms with Crippen molar-refractivity contribution in [3.63, 3.8) is 0 Å². The molecule has 1 aromatic rings. The van der Waals surface area contributed by atoms with Gasteiger partial charge in [-0.15, -0.1) is 0 Å². The van der Waals surface area contributed by atoms with Crippen molar-refractivity contribution in [1.82, 2.24) is 5.32 Å². The molecule has 0 spiro atoms. The second-order valence-electron chi connectivity index (χ2n) is 5.29. The van der Waals surface area contributed by atoms with E-state index in [4.69, 9.17) is 9.47 Å². The monoisotopic (exact) mass is 263 g/mol. The fourth-order valence-electron chi connectivity index (χ4n) is 2.78. The quantitative estimate of drug-likeness (QED) is 0.856. The highest BCUT2D eigenvalue weighted by Crippen LogP contribution is 2.21. The predicted octanol–water partition coefficient (Wildman–Crippen LogP) is 2.88. The van der Waals surface area contributed by atoms with Crippen LogP contribution in [0.1, 0.15) is 36.8 Å². The highest BCUT2D eigenvalue weighted by atomic mass is 16.5. The van der Waals surface area contributed by atoms with E-state index in [-0.39, 0.29) is 0 Å². The van der Waals surface area contributed by atoms with Crippen LogP contribution in [0.4, 0.5) is 0 Å². The normalized spacial score (nSPS) is 23.5. The number of benzene rings is 1. The Balaban J connectivity index is 1.82. The van der Waals surface area contributed by atoms with Gasteiger partial charge < -0.3 is 14.8 Å². The highest BCUT2D eigenvalue weighted by molar-refractivity contribution is 5.26. The Labute approximate surface area is 116 Å². The summed E-state index contributed by atoms with van der Waals surface area (Å²) >= 11 is 0. The fraction of sp³-hybridized carbons (Fsp3) is 0.625. The molecule has 1 fully saturated rings. The second kappa shape index (κ2) is 7.63. The first-order chi connectivity index (χ1) is 9.33. The summed E-state index contributed by atoms with van der Waals surface area (Å²) < 4.78 is 10.7. The Kier molecular flexibility index (Phi) is 5.83. The number of methoxy groups -OCH3 is 2. The fourth-order valence-corrected chi connectivity index (χ4v) is 2.78. The van der Waals surface area contributed by atoms with Crippen LogP contribution in [-0.4, -0.2) is 26.4 Å². The summed E-state index contributed by atoms with van der Waals surface area (Å²) in [5.74, 6) is 0. The molecule has 1 aliphatic carbocycles. The minimum Gasteiger partial charge on any atom is -0.381 e. The third kappa shape index (κ3) is 4.30. The van der Waals surface area contributed by atoms with E-state index < -0.39 is 0 Å². The van der Waals surface area contributed by atoms with Gasteiger partial charge >= 0.3 is 0 Å². The topological polar surface area (TPSA) is 30.5 Å². The van der Waals surface area contributed by atoms with Gasteiger partial charge in [-0.2, -0.15) is 0 Å². The van der Waals surface area contributed by atoms with Crippen LogP contribution in [0.3, 0.4) is 0 Å². The van der Waals surface area contributed by atoms with Crippen LogP contribution in [0.2, 0.25) is 0 Å². The Morgan fingerprint density at radius 3 is 2.37 bits per heavy atom. The molecule has 2 rings (SSSR count). The van der Waals surface area contributed by atoms with Gasteiger partial charge in [0.25, 0.3) is 0 Å². The number of rotatable bonds is 6. The van der Waals surface area contributed by atoms with E-state index in [0.717, 1.165) is 6.54 Å². The van der Waals surface area contributed by atoms with Crippen molar-refractivity contribution in [3.8, 4) is 0 Å². The predicted molar refractivity (Wildman–Crippen MR) is 77.0 cm³/mol. The van der Waals surface area contributed by atoms with Crippen LogP contribution in [0.5, 0.6) is 0 Å². The average molecular weight is 263 g/mol. The maximum atomic E-state index is 5.41. The minimum absolute atomic E-state index is 0.471. The molecule has 0 aliphatic heterocycles. The first-order valence-electron chi connectivity index (χ1n) is 7.15. The molecule has 0 radical (unpaired) electrons. The molecule has 3 nitrogen and oxygen atoms in total. The first-order valence-corrected chi connectivity index (χ1v) is 7.15. The molecular weight excluding hydrogens is 238 g/mol. The SMILES string of the molecule is COCc1ccccc1CNC1CCC(OC)CC1. The molecule has 0 atom stereocenters. The molecule has 106 valence electrons. The van der Waals surface area contributed by atoms with E-state index in [0.29, 0.717) is 18.8 Å². The van der Waals surface area contributed by atoms with Crippen LogP contribution in [0.15, 0.2) is 24.3 Å². The van der Waals surface area contributed by atoms with Crippen molar-refractivity contribution in [3.05, 3.63) is 35.4 Å². The molecule has 1 saturated carbocycles. The molecule has 19 heavy (non-hydrogen) atoms. The molecule has 0 bridgehead atoms. The van der Waals surface area contributed by atoms with Crippen molar-refractivity contribution >= 4 is 0 Å². The maximum absolute atomic E-state index is 5.41. The standard InChI is InChI=1S/C16H25NO2/c1-18-12-14-6-4-3-5-13(14)11-17-15-7-9-16(19-2)10-8-15/h3-6,15-17H,7-12H2,1-2H3. The Morgan fingerprint density at radius 1 is 1.05 bits per heavy atom. The average Bonchev–Trinajstić information content (AvgIpc) is 2.47. The van der Waals surface area contributed by atoms with Gasteiger partial charge in [-0.05, 0) is 36.8 Å². The summed E-state index contributed by atoms with van der Waals surface area (Å²) in [5, 5.41) is 3.67. The van der Waals surface area contributed by atoms with Gasteiger partial charge in [0.05, 0.1) is 12.7 Å². The zero-order chi connectivity index (χ0) is 13.5. The zero-order valence-electron chi connectivity index (χ0n) is 12.0. The van der Waals surface area contributed by atoms with Crippen LogP contribution >= 0.6 is 0 Å². The smallest absolute Gasteiger partial charge is 0.0716 e. The summed E-state index contributed by atoms with van der Waals surface area (Å²) in [6.07, 6.45) is 5.25. The molecule has 1 N–H and O–H groups in total. The van der Waals surface area contributed by atoms with Crippen molar-refractivity contribution < 1.29 is 9.47 Å². The van der Waals surface area contributed by atoms with Gasteiger partial charge in [0, 0.05) is 26.8 Å². The van der Waals surface area contributed by atoms with Crippen molar-refractivity contribution in [2.75, 3.05) is 14.2 Å². The molecule has 0 aromatic heterocycles. The highest BCUT2D eigenvalue weighted by Gasteiger charge is 2.20. The van der Waals surface area contributed by atoms with E-state index in [1.165, 1.54) is 36.8 Å². The molecule has 0 unspecified atom stereocenters. The van der Waals surface area contributed by atoms with Gasteiger partial charge in [-0.3, -0.25) is 0 Å². The number of nitrogens with one attached hydrogen (secondary N) is 1. The third-order valence-corrected chi connectivity index (χ3v) is 4.01. The van der Waals surface area contributed by atoms with Crippen molar-refractivity contribution in [2.45, 2.75) is 51.0 Å². The summed E-state index contributed by atoms with van der Waals surface area (Å²) in [4.78, 5) is 0. The lowest BCUT2D eigenvalue weighted by atomic mass is 9.92. The van der Waals surface area contributed by atoms with Crippen LogP contribution in [-0.2, 0) is 22.6 Å². The van der Waals surface area contributed by atoms with Gasteiger partial charge in [-0.25, -0.2) is 0 Å². The molecule has 1 aliphatic rings. The Morgan fingerprint density at radius 2 is 1.74 bits per heavy atom. The number of hydrogen-bond acceptors (Lipinski definition) is 3. The van der Waals surface area contributed by atoms with E-state index in [1.807, 2.05) is 7.11 Å². The molecular formula is C16H25NO2. The Hall–Kier alpha value is -0.900. The van der Waals surface area contributed by atoms with E-state index in [2.05, 4.69) is 29.6 Å². The molecule has 1 aromatic carbocycles. The third-order valence-electron chi connectivity index (χ3n) is 4.01. The van der Waals surface area contributed by atoms with Gasteiger partial charge in [0.2, 0.25) is 0 Å². The van der Waals surface area contributed by atoms with Crippen LogP contribution in [0, 0.1) is 0 Å². The molecule has 0 saturated heterocycles. The minimum atomic E-state index is 0.471. The summed E-state index contributed by atoms with van der Waals surface area (Å²) in [7, 11) is 3.57. The number of ether oxygens (including phenoxy) is 2. The van der Waals surface area contributed by atoms with Gasteiger partial charge in [0.1, 0.15) is 0 Å². The van der Waals surface area contributed by atoms with Crippen LogP contribution < -0.4 is 5.32 Å². The summed E-state index contributed by atoms with van der Waals surface area (Å²) in [5.41, 5.74) is 2.63. The van der Waals surface area contributed by atoms with E-state index in [9.17, 15) is 0 Å². The second-order valence-corrected chi connectivity index (χ2v) is 5.29. The first kappa shape index (κ1) is 14.5. The van der Waals surface area contributed by atoms with Crippen LogP contribution in [0.25, 0.3) is 0 Å². The number of hydrogen-bond donors (Lipinski definition) is 1.